The Labute approximate surface area is 117 Å². The average Bonchev–Trinajstić information content (AvgIpc) is 2.37. The maximum absolute atomic E-state index is 9.62. The van der Waals surface area contributed by atoms with Crippen LogP contribution in [0.2, 0.25) is 0 Å². The van der Waals surface area contributed by atoms with Gasteiger partial charge in [0.2, 0.25) is 0 Å². The molecule has 0 aliphatic rings. The van der Waals surface area contributed by atoms with E-state index in [1.54, 1.807) is 0 Å². The van der Waals surface area contributed by atoms with E-state index in [1.807, 2.05) is 0 Å². The molecule has 0 saturated heterocycles. The molecule has 3 heteroatoms. The fraction of sp³-hybridized carbons (Fsp3) is 0.625. The average molecular weight is 264 g/mol. The number of aliphatic hydroxyl groups is 1. The number of hydrogen-bond acceptors (Lipinski definition) is 3. The predicted octanol–water partition coefficient (Wildman–Crippen LogP) is 2.43. The van der Waals surface area contributed by atoms with Gasteiger partial charge in [-0.05, 0) is 31.0 Å². The molecule has 3 nitrogen and oxygen atoms in total. The fourth-order valence-electron chi connectivity index (χ4n) is 2.44. The molecule has 108 valence electrons. The van der Waals surface area contributed by atoms with Crippen LogP contribution in [0, 0.1) is 0 Å². The van der Waals surface area contributed by atoms with Crippen molar-refractivity contribution in [3.8, 4) is 0 Å². The molecule has 0 heterocycles. The van der Waals surface area contributed by atoms with Gasteiger partial charge in [-0.15, -0.1) is 0 Å². The molecule has 1 unspecified atom stereocenters. The van der Waals surface area contributed by atoms with E-state index >= 15 is 0 Å². The van der Waals surface area contributed by atoms with Gasteiger partial charge in [0.15, 0.2) is 0 Å². The van der Waals surface area contributed by atoms with Gasteiger partial charge in [0.1, 0.15) is 0 Å². The van der Waals surface area contributed by atoms with Crippen molar-refractivity contribution in [2.75, 3.05) is 25.1 Å². The highest BCUT2D eigenvalue weighted by Crippen LogP contribution is 2.17. The summed E-state index contributed by atoms with van der Waals surface area (Å²) in [6.45, 7) is 9.32. The minimum absolute atomic E-state index is 0.128. The monoisotopic (exact) mass is 264 g/mol. The summed E-state index contributed by atoms with van der Waals surface area (Å²) < 4.78 is 0. The van der Waals surface area contributed by atoms with Crippen LogP contribution in [0.25, 0.3) is 0 Å². The third-order valence-corrected chi connectivity index (χ3v) is 3.36. The van der Waals surface area contributed by atoms with E-state index in [4.69, 9.17) is 0 Å². The van der Waals surface area contributed by atoms with Gasteiger partial charge in [-0.3, -0.25) is 0 Å². The molecule has 2 N–H and O–H groups in total. The van der Waals surface area contributed by atoms with Gasteiger partial charge in [0.25, 0.3) is 0 Å². The first-order chi connectivity index (χ1) is 8.90. The molecule has 0 bridgehead atoms. The van der Waals surface area contributed by atoms with Gasteiger partial charge in [-0.2, -0.15) is 0 Å². The molecule has 0 aromatic heterocycles. The highest BCUT2D eigenvalue weighted by Gasteiger charge is 2.25. The molecule has 0 aliphatic heterocycles. The van der Waals surface area contributed by atoms with Crippen LogP contribution < -0.4 is 10.2 Å². The lowest BCUT2D eigenvalue weighted by Gasteiger charge is -2.36. The van der Waals surface area contributed by atoms with Gasteiger partial charge < -0.3 is 15.3 Å². The molecule has 0 saturated carbocycles. The second kappa shape index (κ2) is 6.92. The molecule has 0 amide bonds. The third kappa shape index (κ3) is 4.84. The molecule has 0 radical (unpaired) electrons. The third-order valence-electron chi connectivity index (χ3n) is 3.36. The normalized spacial score (nSPS) is 14.5. The largest absolute Gasteiger partial charge is 0.394 e. The van der Waals surface area contributed by atoms with E-state index < -0.39 is 0 Å². The summed E-state index contributed by atoms with van der Waals surface area (Å²) in [6.07, 6.45) is 1.06. The second-order valence-corrected chi connectivity index (χ2v) is 5.89. The number of benzene rings is 1. The first-order valence-electron chi connectivity index (χ1n) is 7.09. The Kier molecular flexibility index (Phi) is 5.83. The van der Waals surface area contributed by atoms with Crippen LogP contribution in [0.1, 0.15) is 33.3 Å². The highest BCUT2D eigenvalue weighted by molar-refractivity contribution is 5.47. The zero-order valence-electron chi connectivity index (χ0n) is 12.9. The van der Waals surface area contributed by atoms with E-state index in [9.17, 15) is 5.11 Å². The first-order valence-corrected chi connectivity index (χ1v) is 7.09. The molecule has 1 aromatic carbocycles. The van der Waals surface area contributed by atoms with Gasteiger partial charge in [-0.25, -0.2) is 0 Å². The molecule has 0 aliphatic carbocycles. The zero-order valence-corrected chi connectivity index (χ0v) is 12.9. The summed E-state index contributed by atoms with van der Waals surface area (Å²) in [6, 6.07) is 8.97. The quantitative estimate of drug-likeness (QED) is 0.794. The Morgan fingerprint density at radius 1 is 1.26 bits per heavy atom. The summed E-state index contributed by atoms with van der Waals surface area (Å²) in [5.41, 5.74) is 2.25. The highest BCUT2D eigenvalue weighted by atomic mass is 16.3. The van der Waals surface area contributed by atoms with Crippen LogP contribution in [0.15, 0.2) is 24.3 Å². The topological polar surface area (TPSA) is 35.5 Å². The van der Waals surface area contributed by atoms with E-state index in [0.717, 1.165) is 13.0 Å². The molecule has 1 atom stereocenters. The smallest absolute Gasteiger partial charge is 0.0628 e. The zero-order chi connectivity index (χ0) is 14.5. The van der Waals surface area contributed by atoms with Crippen LogP contribution >= 0.6 is 0 Å². The molecule has 19 heavy (non-hydrogen) atoms. The van der Waals surface area contributed by atoms with Gasteiger partial charge in [0, 0.05) is 25.3 Å². The van der Waals surface area contributed by atoms with Crippen LogP contribution in [0.3, 0.4) is 0 Å². The number of likely N-dealkylation sites (N-methyl/N-ethyl adjacent to an activating group) is 1. The van der Waals surface area contributed by atoms with Crippen molar-refractivity contribution in [1.29, 1.82) is 0 Å². The summed E-state index contributed by atoms with van der Waals surface area (Å²) in [4.78, 5) is 2.19. The number of aliphatic hydroxyl groups excluding tert-OH is 1. The molecule has 1 aromatic rings. The Morgan fingerprint density at radius 3 is 2.26 bits per heavy atom. The van der Waals surface area contributed by atoms with Crippen LogP contribution in [-0.2, 0) is 6.42 Å². The molecule has 0 fully saturated rings. The van der Waals surface area contributed by atoms with E-state index in [2.05, 4.69) is 69.2 Å². The lowest BCUT2D eigenvalue weighted by Crippen LogP contribution is -2.55. The number of nitrogens with one attached hydrogen (secondary N) is 1. The molecule has 0 spiro atoms. The maximum atomic E-state index is 9.62. The van der Waals surface area contributed by atoms with Crippen LogP contribution in [0.4, 0.5) is 5.69 Å². The molecular weight excluding hydrogens is 236 g/mol. The van der Waals surface area contributed by atoms with Gasteiger partial charge >= 0.3 is 0 Å². The predicted molar refractivity (Wildman–Crippen MR) is 82.9 cm³/mol. The second-order valence-electron chi connectivity index (χ2n) is 5.89. The molecule has 1 rings (SSSR count). The number of hydrogen-bond donors (Lipinski definition) is 2. The van der Waals surface area contributed by atoms with Crippen molar-refractivity contribution < 1.29 is 5.11 Å². The van der Waals surface area contributed by atoms with E-state index in [-0.39, 0.29) is 12.1 Å². The van der Waals surface area contributed by atoms with Crippen LogP contribution in [-0.4, -0.2) is 36.9 Å². The summed E-state index contributed by atoms with van der Waals surface area (Å²) >= 11 is 0. The number of anilines is 1. The van der Waals surface area contributed by atoms with Crippen molar-refractivity contribution in [2.24, 2.45) is 0 Å². The van der Waals surface area contributed by atoms with Crippen molar-refractivity contribution >= 4 is 5.69 Å². The van der Waals surface area contributed by atoms with Crippen molar-refractivity contribution in [1.82, 2.24) is 5.32 Å². The van der Waals surface area contributed by atoms with E-state index in [0.29, 0.717) is 6.04 Å². The maximum Gasteiger partial charge on any atom is 0.0628 e. The van der Waals surface area contributed by atoms with Crippen molar-refractivity contribution in [3.05, 3.63) is 29.8 Å². The fourth-order valence-corrected chi connectivity index (χ4v) is 2.44. The minimum atomic E-state index is -0.285. The number of rotatable bonds is 7. The number of nitrogens with zero attached hydrogens (tertiary/aromatic N) is 1. The summed E-state index contributed by atoms with van der Waals surface area (Å²) in [7, 11) is 2.07. The Bertz CT molecular complexity index is 375. The van der Waals surface area contributed by atoms with E-state index in [1.165, 1.54) is 11.3 Å². The Morgan fingerprint density at radius 2 is 1.84 bits per heavy atom. The van der Waals surface area contributed by atoms with Crippen molar-refractivity contribution in [2.45, 2.75) is 45.7 Å². The number of aryl methyl sites for hydroxylation is 1. The minimum Gasteiger partial charge on any atom is -0.394 e. The van der Waals surface area contributed by atoms with Crippen LogP contribution in [0.5, 0.6) is 0 Å². The Hall–Kier alpha value is -1.06. The lowest BCUT2D eigenvalue weighted by molar-refractivity contribution is 0.170. The van der Waals surface area contributed by atoms with Gasteiger partial charge in [-0.1, -0.05) is 32.9 Å². The SMILES string of the molecule is CCc1ccc(N(C)CC(C)(CO)NC(C)C)cc1. The summed E-state index contributed by atoms with van der Waals surface area (Å²) in [5, 5.41) is 13.1. The van der Waals surface area contributed by atoms with Crippen molar-refractivity contribution in [3.63, 3.8) is 0 Å². The first kappa shape index (κ1) is 16.0. The Balaban J connectivity index is 2.73. The lowest BCUT2D eigenvalue weighted by atomic mass is 10.0. The molecular formula is C16H28N2O. The standard InChI is InChI=1S/C16H28N2O/c1-6-14-7-9-15(10-8-14)18(5)11-16(4,12-19)17-13(2)3/h7-10,13,17,19H,6,11-12H2,1-5H3. The van der Waals surface area contributed by atoms with Gasteiger partial charge in [0.05, 0.1) is 12.1 Å². The summed E-state index contributed by atoms with van der Waals surface area (Å²) in [5.74, 6) is 0.